The van der Waals surface area contributed by atoms with Gasteiger partial charge in [-0.15, -0.1) is 0 Å². The summed E-state index contributed by atoms with van der Waals surface area (Å²) < 4.78 is 0. The zero-order valence-electron chi connectivity index (χ0n) is 9.31. The van der Waals surface area contributed by atoms with Gasteiger partial charge in [-0.1, -0.05) is 12.1 Å². The Balaban J connectivity index is 2.40. The van der Waals surface area contributed by atoms with Gasteiger partial charge >= 0.3 is 0 Å². The van der Waals surface area contributed by atoms with Crippen LogP contribution in [-0.4, -0.2) is 22.1 Å². The lowest BCUT2D eigenvalue weighted by molar-refractivity contribution is 0.478. The molecule has 0 unspecified atom stereocenters. The molecule has 3 aromatic rings. The molecule has 0 amide bonds. The number of nitrogens with zero attached hydrogens (tertiary/aromatic N) is 2. The topological polar surface area (TPSA) is 58.0 Å². The average Bonchev–Trinajstić information content (AvgIpc) is 2.35. The number of rotatable bonds is 1. The third-order valence-corrected chi connectivity index (χ3v) is 2.73. The quantitative estimate of drug-likeness (QED) is 0.493. The molecule has 2 aromatic carbocycles. The third kappa shape index (κ3) is 1.54. The van der Waals surface area contributed by atoms with Crippen LogP contribution in [0.2, 0.25) is 0 Å². The van der Waals surface area contributed by atoms with Crippen LogP contribution in [0.25, 0.3) is 22.1 Å². The second kappa shape index (κ2) is 3.59. The number of anilines is 1. The van der Waals surface area contributed by atoms with E-state index in [0.29, 0.717) is 11.2 Å². The van der Waals surface area contributed by atoms with Crippen LogP contribution >= 0.6 is 0 Å². The average molecular weight is 225 g/mol. The van der Waals surface area contributed by atoms with Crippen LogP contribution in [-0.2, 0) is 0 Å². The van der Waals surface area contributed by atoms with Crippen molar-refractivity contribution in [1.29, 1.82) is 0 Å². The number of nitrogens with one attached hydrogen (secondary N) is 1. The van der Waals surface area contributed by atoms with Crippen molar-refractivity contribution >= 4 is 27.8 Å². The van der Waals surface area contributed by atoms with E-state index in [9.17, 15) is 5.11 Å². The van der Waals surface area contributed by atoms with Crippen LogP contribution in [0.5, 0.6) is 5.75 Å². The van der Waals surface area contributed by atoms with Crippen molar-refractivity contribution in [3.63, 3.8) is 0 Å². The van der Waals surface area contributed by atoms with E-state index in [1.807, 2.05) is 24.3 Å². The summed E-state index contributed by atoms with van der Waals surface area (Å²) >= 11 is 0. The maximum absolute atomic E-state index is 9.75. The van der Waals surface area contributed by atoms with Crippen molar-refractivity contribution in [2.75, 3.05) is 12.4 Å². The maximum atomic E-state index is 9.75. The van der Waals surface area contributed by atoms with Gasteiger partial charge in [0.25, 0.3) is 0 Å². The Morgan fingerprint density at radius 3 is 2.12 bits per heavy atom. The summed E-state index contributed by atoms with van der Waals surface area (Å²) in [6.07, 6.45) is 0. The zero-order chi connectivity index (χ0) is 11.8. The summed E-state index contributed by atoms with van der Waals surface area (Å²) in [6.45, 7) is 0. The van der Waals surface area contributed by atoms with Crippen molar-refractivity contribution in [3.05, 3.63) is 36.4 Å². The van der Waals surface area contributed by atoms with Gasteiger partial charge in [0, 0.05) is 13.1 Å². The summed E-state index contributed by atoms with van der Waals surface area (Å²) in [4.78, 5) is 8.98. The maximum Gasteiger partial charge on any atom is 0.140 e. The lowest BCUT2D eigenvalue weighted by Crippen LogP contribution is -1.92. The van der Waals surface area contributed by atoms with Crippen molar-refractivity contribution < 1.29 is 5.11 Å². The minimum atomic E-state index is 0.185. The summed E-state index contributed by atoms with van der Waals surface area (Å²) in [5.41, 5.74) is 3.80. The highest BCUT2D eigenvalue weighted by Gasteiger charge is 2.06. The number of hydrogen-bond acceptors (Lipinski definition) is 4. The number of aromatic hydroxyl groups is 1. The lowest BCUT2D eigenvalue weighted by Gasteiger charge is -2.06. The van der Waals surface area contributed by atoms with Gasteiger partial charge in [0.2, 0.25) is 0 Å². The molecule has 0 bridgehead atoms. The number of phenols is 1. The molecule has 4 nitrogen and oxygen atoms in total. The second-order valence-corrected chi connectivity index (χ2v) is 3.82. The molecule has 0 radical (unpaired) electrons. The first-order chi connectivity index (χ1) is 8.28. The standard InChI is InChI=1S/C13H11N3O/c1-14-12-6-10-11(7-13(12)17)16-9-5-3-2-4-8(9)15-10/h2-7,14,17H,1H3. The number of hydrogen-bond donors (Lipinski definition) is 2. The molecule has 0 saturated carbocycles. The molecule has 0 spiro atoms. The Morgan fingerprint density at radius 2 is 1.53 bits per heavy atom. The van der Waals surface area contributed by atoms with Gasteiger partial charge in [-0.25, -0.2) is 9.97 Å². The van der Waals surface area contributed by atoms with Gasteiger partial charge in [-0.2, -0.15) is 0 Å². The number of benzene rings is 2. The van der Waals surface area contributed by atoms with E-state index in [4.69, 9.17) is 0 Å². The molecule has 2 N–H and O–H groups in total. The van der Waals surface area contributed by atoms with Gasteiger partial charge in [-0.3, -0.25) is 0 Å². The smallest absolute Gasteiger partial charge is 0.140 e. The van der Waals surface area contributed by atoms with Crippen LogP contribution in [0.1, 0.15) is 0 Å². The molecule has 0 aliphatic heterocycles. The van der Waals surface area contributed by atoms with Gasteiger partial charge in [0.15, 0.2) is 0 Å². The molecule has 0 fully saturated rings. The Morgan fingerprint density at radius 1 is 0.941 bits per heavy atom. The van der Waals surface area contributed by atoms with E-state index in [0.717, 1.165) is 16.6 Å². The fourth-order valence-corrected chi connectivity index (χ4v) is 1.86. The minimum absolute atomic E-state index is 0.185. The van der Waals surface area contributed by atoms with Gasteiger partial charge in [-0.05, 0) is 18.2 Å². The Labute approximate surface area is 97.9 Å². The van der Waals surface area contributed by atoms with E-state index in [1.165, 1.54) is 0 Å². The van der Waals surface area contributed by atoms with Crippen molar-refractivity contribution in [2.45, 2.75) is 0 Å². The van der Waals surface area contributed by atoms with E-state index < -0.39 is 0 Å². The molecule has 84 valence electrons. The number of aromatic nitrogens is 2. The second-order valence-electron chi connectivity index (χ2n) is 3.82. The monoisotopic (exact) mass is 225 g/mol. The predicted molar refractivity (Wildman–Crippen MR) is 68.3 cm³/mol. The Kier molecular flexibility index (Phi) is 2.08. The van der Waals surface area contributed by atoms with Crippen LogP contribution in [0.3, 0.4) is 0 Å². The van der Waals surface area contributed by atoms with E-state index in [-0.39, 0.29) is 5.75 Å². The molecule has 0 aliphatic rings. The van der Waals surface area contributed by atoms with Crippen LogP contribution in [0.4, 0.5) is 5.69 Å². The molecule has 17 heavy (non-hydrogen) atoms. The lowest BCUT2D eigenvalue weighted by atomic mass is 10.2. The Hall–Kier alpha value is -2.36. The molecule has 0 atom stereocenters. The molecule has 1 heterocycles. The molecule has 4 heteroatoms. The number of para-hydroxylation sites is 2. The number of fused-ring (bicyclic) bond motifs is 2. The highest BCUT2D eigenvalue weighted by Crippen LogP contribution is 2.28. The van der Waals surface area contributed by atoms with E-state index in [1.54, 1.807) is 19.2 Å². The molecule has 1 aromatic heterocycles. The first-order valence-corrected chi connectivity index (χ1v) is 5.35. The SMILES string of the molecule is CNc1cc2nc3ccccc3nc2cc1O. The summed E-state index contributed by atoms with van der Waals surface area (Å²) in [5.74, 6) is 0.185. The fourth-order valence-electron chi connectivity index (χ4n) is 1.86. The first-order valence-electron chi connectivity index (χ1n) is 5.35. The van der Waals surface area contributed by atoms with Crippen molar-refractivity contribution in [2.24, 2.45) is 0 Å². The van der Waals surface area contributed by atoms with E-state index in [2.05, 4.69) is 15.3 Å². The van der Waals surface area contributed by atoms with Crippen LogP contribution < -0.4 is 5.32 Å². The summed E-state index contributed by atoms with van der Waals surface area (Å²) in [7, 11) is 1.76. The largest absolute Gasteiger partial charge is 0.506 e. The van der Waals surface area contributed by atoms with Gasteiger partial charge in [0.05, 0.1) is 27.8 Å². The molecular formula is C13H11N3O. The fraction of sp³-hybridized carbons (Fsp3) is 0.0769. The highest BCUT2D eigenvalue weighted by molar-refractivity contribution is 5.89. The Bertz CT molecular complexity index is 709. The van der Waals surface area contributed by atoms with E-state index >= 15 is 0 Å². The molecule has 0 saturated heterocycles. The molecule has 0 aliphatic carbocycles. The molecule has 3 rings (SSSR count). The summed E-state index contributed by atoms with van der Waals surface area (Å²) in [5, 5.41) is 12.7. The first kappa shape index (κ1) is 9.84. The van der Waals surface area contributed by atoms with Gasteiger partial charge < -0.3 is 10.4 Å². The predicted octanol–water partition coefficient (Wildman–Crippen LogP) is 2.53. The summed E-state index contributed by atoms with van der Waals surface area (Å²) in [6, 6.07) is 11.1. The third-order valence-electron chi connectivity index (χ3n) is 2.73. The minimum Gasteiger partial charge on any atom is -0.506 e. The van der Waals surface area contributed by atoms with Crippen LogP contribution in [0.15, 0.2) is 36.4 Å². The normalized spacial score (nSPS) is 10.9. The zero-order valence-corrected chi connectivity index (χ0v) is 9.31. The van der Waals surface area contributed by atoms with Gasteiger partial charge in [0.1, 0.15) is 5.75 Å². The van der Waals surface area contributed by atoms with Crippen molar-refractivity contribution in [3.8, 4) is 5.75 Å². The van der Waals surface area contributed by atoms with Crippen LogP contribution in [0, 0.1) is 0 Å². The van der Waals surface area contributed by atoms with Crippen molar-refractivity contribution in [1.82, 2.24) is 9.97 Å². The highest BCUT2D eigenvalue weighted by atomic mass is 16.3. The molecular weight excluding hydrogens is 214 g/mol. The number of phenolic OH excluding ortho intramolecular Hbond substituents is 1.